The first-order valence-corrected chi connectivity index (χ1v) is 10.9. The third-order valence-electron chi connectivity index (χ3n) is 4.76. The molecule has 0 aromatic heterocycles. The number of amides is 1. The molecule has 1 heterocycles. The van der Waals surface area contributed by atoms with E-state index in [1.807, 2.05) is 6.07 Å². The highest BCUT2D eigenvalue weighted by molar-refractivity contribution is 7.89. The summed E-state index contributed by atoms with van der Waals surface area (Å²) >= 11 is 5.83. The number of hydrogen-bond acceptors (Lipinski definition) is 5. The predicted octanol–water partition coefficient (Wildman–Crippen LogP) is 3.11. The smallest absolute Gasteiger partial charge is 0.289 e. The van der Waals surface area contributed by atoms with Crippen molar-refractivity contribution < 1.29 is 18.1 Å². The first-order chi connectivity index (χ1) is 13.8. The lowest BCUT2D eigenvalue weighted by atomic mass is 10.1. The quantitative estimate of drug-likeness (QED) is 0.551. The molecule has 1 saturated heterocycles. The van der Waals surface area contributed by atoms with E-state index in [2.05, 4.69) is 5.32 Å². The largest absolute Gasteiger partial charge is 0.355 e. The Balaban J connectivity index is 2.07. The Morgan fingerprint density at radius 1 is 1.17 bits per heavy atom. The number of nitrogens with zero attached hydrogens (tertiary/aromatic N) is 2. The van der Waals surface area contributed by atoms with E-state index in [4.69, 9.17) is 11.6 Å². The van der Waals surface area contributed by atoms with Gasteiger partial charge in [-0.1, -0.05) is 41.9 Å². The Bertz CT molecular complexity index is 1010. The van der Waals surface area contributed by atoms with Crippen molar-refractivity contribution in [3.8, 4) is 0 Å². The van der Waals surface area contributed by atoms with Gasteiger partial charge in [-0.2, -0.15) is 4.31 Å². The third-order valence-corrected chi connectivity index (χ3v) is 6.93. The van der Waals surface area contributed by atoms with Crippen LogP contribution in [0.4, 0.5) is 5.69 Å². The van der Waals surface area contributed by atoms with Gasteiger partial charge < -0.3 is 5.32 Å². The lowest BCUT2D eigenvalue weighted by molar-refractivity contribution is -0.384. The first kappa shape index (κ1) is 21.2. The average molecular weight is 438 g/mol. The molecule has 3 rings (SSSR count). The maximum absolute atomic E-state index is 13.5. The highest BCUT2D eigenvalue weighted by atomic mass is 35.5. The molecular formula is C19H20ClN3O5S. The van der Waals surface area contributed by atoms with Gasteiger partial charge in [0.05, 0.1) is 9.82 Å². The molecule has 0 bridgehead atoms. The Labute approximate surface area is 173 Å². The second kappa shape index (κ2) is 8.89. The van der Waals surface area contributed by atoms with Gasteiger partial charge in [0.15, 0.2) is 0 Å². The number of nitrogens with one attached hydrogen (secondary N) is 1. The molecule has 154 valence electrons. The van der Waals surface area contributed by atoms with Crippen LogP contribution in [0.3, 0.4) is 0 Å². The van der Waals surface area contributed by atoms with Crippen LogP contribution >= 0.6 is 11.6 Å². The fraction of sp³-hybridized carbons (Fsp3) is 0.316. The van der Waals surface area contributed by atoms with E-state index < -0.39 is 26.7 Å². The molecule has 29 heavy (non-hydrogen) atoms. The molecule has 1 aliphatic rings. The summed E-state index contributed by atoms with van der Waals surface area (Å²) in [7, 11) is -4.21. The number of halogens is 1. The minimum Gasteiger partial charge on any atom is -0.355 e. The van der Waals surface area contributed by atoms with E-state index in [9.17, 15) is 23.3 Å². The Morgan fingerprint density at radius 3 is 2.59 bits per heavy atom. The number of carbonyl (C=O) groups is 1. The van der Waals surface area contributed by atoms with Crippen molar-refractivity contribution in [2.75, 3.05) is 6.54 Å². The number of rotatable bonds is 6. The second-order valence-electron chi connectivity index (χ2n) is 6.71. The number of carbonyl (C=O) groups excluding carboxylic acids is 1. The third kappa shape index (κ3) is 4.75. The van der Waals surface area contributed by atoms with Gasteiger partial charge in [0.2, 0.25) is 15.9 Å². The summed E-state index contributed by atoms with van der Waals surface area (Å²) < 4.78 is 28.0. The topological polar surface area (TPSA) is 110 Å². The zero-order valence-electron chi connectivity index (χ0n) is 15.5. The number of nitro groups is 1. The van der Waals surface area contributed by atoms with Crippen LogP contribution in [-0.4, -0.2) is 36.1 Å². The summed E-state index contributed by atoms with van der Waals surface area (Å²) in [5.41, 5.74) is 0.203. The van der Waals surface area contributed by atoms with Crippen LogP contribution in [0, 0.1) is 10.1 Å². The Morgan fingerprint density at radius 2 is 1.90 bits per heavy atom. The maximum atomic E-state index is 13.5. The highest BCUT2D eigenvalue weighted by Crippen LogP contribution is 2.31. The van der Waals surface area contributed by atoms with Crippen LogP contribution in [-0.2, 0) is 21.4 Å². The van der Waals surface area contributed by atoms with E-state index in [1.165, 1.54) is 12.1 Å². The molecule has 1 N–H and O–H groups in total. The fourth-order valence-electron chi connectivity index (χ4n) is 3.25. The fourth-order valence-corrected chi connectivity index (χ4v) is 5.07. The van der Waals surface area contributed by atoms with Crippen LogP contribution in [0.15, 0.2) is 53.4 Å². The lowest BCUT2D eigenvalue weighted by Gasteiger charge is -2.29. The molecule has 1 unspecified atom stereocenters. The van der Waals surface area contributed by atoms with Gasteiger partial charge in [-0.05, 0) is 37.0 Å². The lowest BCUT2D eigenvalue weighted by Crippen LogP contribution is -2.48. The number of nitro benzene ring substituents is 1. The zero-order chi connectivity index (χ0) is 21.0. The van der Waals surface area contributed by atoms with Crippen LogP contribution < -0.4 is 5.32 Å². The summed E-state index contributed by atoms with van der Waals surface area (Å²) in [6, 6.07) is 11.3. The second-order valence-corrected chi connectivity index (χ2v) is 9.01. The molecule has 1 aliphatic heterocycles. The monoisotopic (exact) mass is 437 g/mol. The molecule has 0 radical (unpaired) electrons. The molecule has 8 nitrogen and oxygen atoms in total. The molecule has 1 atom stereocenters. The summed E-state index contributed by atoms with van der Waals surface area (Å²) in [6.45, 7) is 0.457. The Hall–Kier alpha value is -2.49. The predicted molar refractivity (Wildman–Crippen MR) is 108 cm³/mol. The number of sulfonamides is 1. The van der Waals surface area contributed by atoms with Gasteiger partial charge in [0.1, 0.15) is 11.1 Å². The van der Waals surface area contributed by atoms with Crippen molar-refractivity contribution in [1.82, 2.24) is 9.62 Å². The van der Waals surface area contributed by atoms with E-state index in [-0.39, 0.29) is 22.4 Å². The standard InChI is InChI=1S/C19H20ClN3O5S/c20-16-10-9-15(12-18(16)23(25)26)29(27,28)22(13-14-6-2-1-3-7-14)17-8-4-5-11-21-19(17)24/h1-3,6-7,9-10,12,17H,4-5,8,11,13H2,(H,21,24). The number of hydrogen-bond donors (Lipinski definition) is 1. The van der Waals surface area contributed by atoms with Crippen molar-refractivity contribution in [2.45, 2.75) is 36.7 Å². The molecule has 1 fully saturated rings. The van der Waals surface area contributed by atoms with Gasteiger partial charge >= 0.3 is 0 Å². The van der Waals surface area contributed by atoms with Gasteiger partial charge in [-0.3, -0.25) is 14.9 Å². The molecule has 2 aromatic carbocycles. The van der Waals surface area contributed by atoms with Crippen molar-refractivity contribution in [3.63, 3.8) is 0 Å². The highest BCUT2D eigenvalue weighted by Gasteiger charge is 2.37. The first-order valence-electron chi connectivity index (χ1n) is 9.08. The van der Waals surface area contributed by atoms with Gasteiger partial charge in [0, 0.05) is 19.2 Å². The molecule has 10 heteroatoms. The summed E-state index contributed by atoms with van der Waals surface area (Å²) in [5.74, 6) is -0.370. The average Bonchev–Trinajstić information content (AvgIpc) is 2.91. The van der Waals surface area contributed by atoms with E-state index in [1.54, 1.807) is 24.3 Å². The molecule has 1 amide bonds. The minimum absolute atomic E-state index is 0.0301. The molecule has 2 aromatic rings. The van der Waals surface area contributed by atoms with Crippen molar-refractivity contribution in [1.29, 1.82) is 0 Å². The summed E-state index contributed by atoms with van der Waals surface area (Å²) in [4.78, 5) is 22.8. The molecule has 0 spiro atoms. The van der Waals surface area contributed by atoms with Crippen LogP contribution in [0.25, 0.3) is 0 Å². The number of benzene rings is 2. The van der Waals surface area contributed by atoms with Crippen LogP contribution in [0.5, 0.6) is 0 Å². The zero-order valence-corrected chi connectivity index (χ0v) is 17.0. The van der Waals surface area contributed by atoms with Gasteiger partial charge in [-0.25, -0.2) is 8.42 Å². The summed E-state index contributed by atoms with van der Waals surface area (Å²) in [5, 5.41) is 13.8. The van der Waals surface area contributed by atoms with E-state index in [0.717, 1.165) is 16.8 Å². The van der Waals surface area contributed by atoms with Gasteiger partial charge in [0.25, 0.3) is 5.69 Å². The van der Waals surface area contributed by atoms with Crippen molar-refractivity contribution in [2.24, 2.45) is 0 Å². The van der Waals surface area contributed by atoms with Crippen molar-refractivity contribution >= 4 is 33.2 Å². The Kier molecular flexibility index (Phi) is 6.51. The SMILES string of the molecule is O=C1NCCCCC1N(Cc1ccccc1)S(=O)(=O)c1ccc(Cl)c([N+](=O)[O-])c1. The molecule has 0 saturated carbocycles. The maximum Gasteiger partial charge on any atom is 0.289 e. The van der Waals surface area contributed by atoms with Crippen molar-refractivity contribution in [3.05, 3.63) is 69.2 Å². The molecular weight excluding hydrogens is 418 g/mol. The van der Waals surface area contributed by atoms with E-state index in [0.29, 0.717) is 24.9 Å². The minimum atomic E-state index is -4.21. The summed E-state index contributed by atoms with van der Waals surface area (Å²) in [6.07, 6.45) is 1.81. The van der Waals surface area contributed by atoms with Gasteiger partial charge in [-0.15, -0.1) is 0 Å². The van der Waals surface area contributed by atoms with Crippen LogP contribution in [0.1, 0.15) is 24.8 Å². The molecule has 0 aliphatic carbocycles. The van der Waals surface area contributed by atoms with E-state index >= 15 is 0 Å². The van der Waals surface area contributed by atoms with Crippen LogP contribution in [0.2, 0.25) is 5.02 Å². The normalized spacial score (nSPS) is 17.6.